The van der Waals surface area contributed by atoms with Crippen LogP contribution in [0.4, 0.5) is 4.79 Å². The first-order valence-corrected chi connectivity index (χ1v) is 6.11. The molecule has 0 aromatic carbocycles. The van der Waals surface area contributed by atoms with E-state index in [1.165, 1.54) is 6.92 Å². The summed E-state index contributed by atoms with van der Waals surface area (Å²) in [4.78, 5) is 22.2. The molecule has 0 spiro atoms. The van der Waals surface area contributed by atoms with Gasteiger partial charge in [0.2, 0.25) is 0 Å². The van der Waals surface area contributed by atoms with E-state index < -0.39 is 24.1 Å². The number of amides is 1. The van der Waals surface area contributed by atoms with Crippen molar-refractivity contribution in [2.75, 3.05) is 6.61 Å². The Labute approximate surface area is 112 Å². The van der Waals surface area contributed by atoms with Gasteiger partial charge in [0.25, 0.3) is 0 Å². The lowest BCUT2D eigenvalue weighted by Gasteiger charge is -2.19. The zero-order valence-corrected chi connectivity index (χ0v) is 11.8. The van der Waals surface area contributed by atoms with Crippen LogP contribution in [-0.4, -0.2) is 40.8 Å². The van der Waals surface area contributed by atoms with Crippen LogP contribution in [0.3, 0.4) is 0 Å². The largest absolute Gasteiger partial charge is 0.480 e. The lowest BCUT2D eigenvalue weighted by molar-refractivity contribution is -0.138. The maximum atomic E-state index is 11.3. The number of hydrogen-bond acceptors (Lipinski definition) is 4. The highest BCUT2D eigenvalue weighted by molar-refractivity contribution is 7.80. The van der Waals surface area contributed by atoms with Crippen molar-refractivity contribution in [3.8, 4) is 0 Å². The van der Waals surface area contributed by atoms with Crippen LogP contribution in [0.15, 0.2) is 0 Å². The standard InChI is InChI=1S/C11H20N2O4S/c1-6(2)5-17-11(16)13-7(3)9(18)12-8(4)10(14)15/h6-8H,5H2,1-4H3,(H,12,18)(H,13,16)(H,14,15)/t7-,8-/m0/s1. The Kier molecular flexibility index (Phi) is 7.26. The Bertz CT molecular complexity index is 320. The van der Waals surface area contributed by atoms with Gasteiger partial charge in [0.05, 0.1) is 17.6 Å². The average molecular weight is 276 g/mol. The van der Waals surface area contributed by atoms with E-state index in [1.807, 2.05) is 13.8 Å². The quantitative estimate of drug-likeness (QED) is 0.631. The first-order valence-electron chi connectivity index (χ1n) is 5.70. The summed E-state index contributed by atoms with van der Waals surface area (Å²) in [6.07, 6.45) is -0.566. The smallest absolute Gasteiger partial charge is 0.407 e. The Morgan fingerprint density at radius 2 is 1.72 bits per heavy atom. The third-order valence-corrected chi connectivity index (χ3v) is 2.48. The van der Waals surface area contributed by atoms with Gasteiger partial charge in [-0.25, -0.2) is 4.79 Å². The van der Waals surface area contributed by atoms with Crippen LogP contribution >= 0.6 is 12.2 Å². The second kappa shape index (κ2) is 7.86. The van der Waals surface area contributed by atoms with E-state index in [0.29, 0.717) is 6.61 Å². The average Bonchev–Trinajstić information content (AvgIpc) is 2.25. The highest BCUT2D eigenvalue weighted by atomic mass is 32.1. The first-order chi connectivity index (χ1) is 8.23. The highest BCUT2D eigenvalue weighted by Gasteiger charge is 2.17. The molecule has 0 radical (unpaired) electrons. The zero-order valence-electron chi connectivity index (χ0n) is 11.0. The van der Waals surface area contributed by atoms with Gasteiger partial charge >= 0.3 is 12.1 Å². The van der Waals surface area contributed by atoms with Crippen molar-refractivity contribution in [2.24, 2.45) is 5.92 Å². The molecule has 3 N–H and O–H groups in total. The van der Waals surface area contributed by atoms with Gasteiger partial charge in [-0.1, -0.05) is 26.1 Å². The van der Waals surface area contributed by atoms with E-state index >= 15 is 0 Å². The molecular weight excluding hydrogens is 256 g/mol. The minimum absolute atomic E-state index is 0.253. The van der Waals surface area contributed by atoms with Crippen molar-refractivity contribution in [3.63, 3.8) is 0 Å². The van der Waals surface area contributed by atoms with Gasteiger partial charge in [0.1, 0.15) is 6.04 Å². The lowest BCUT2D eigenvalue weighted by Crippen LogP contribution is -2.48. The monoisotopic (exact) mass is 276 g/mol. The topological polar surface area (TPSA) is 87.7 Å². The molecule has 104 valence electrons. The first kappa shape index (κ1) is 16.6. The number of ether oxygens (including phenoxy) is 1. The Morgan fingerprint density at radius 1 is 1.17 bits per heavy atom. The van der Waals surface area contributed by atoms with E-state index in [9.17, 15) is 9.59 Å². The molecule has 6 nitrogen and oxygen atoms in total. The van der Waals surface area contributed by atoms with Gasteiger partial charge in [-0.05, 0) is 19.8 Å². The molecule has 0 saturated carbocycles. The van der Waals surface area contributed by atoms with Gasteiger partial charge in [-0.15, -0.1) is 0 Å². The van der Waals surface area contributed by atoms with Crippen LogP contribution < -0.4 is 10.6 Å². The molecular formula is C11H20N2O4S. The van der Waals surface area contributed by atoms with Crippen LogP contribution in [0, 0.1) is 5.92 Å². The second-order valence-corrected chi connectivity index (χ2v) is 4.87. The number of hydrogen-bond donors (Lipinski definition) is 3. The van der Waals surface area contributed by atoms with Crippen molar-refractivity contribution >= 4 is 29.3 Å². The third-order valence-electron chi connectivity index (χ3n) is 2.00. The van der Waals surface area contributed by atoms with Crippen molar-refractivity contribution in [1.29, 1.82) is 0 Å². The van der Waals surface area contributed by atoms with E-state index in [1.54, 1.807) is 6.92 Å². The lowest BCUT2D eigenvalue weighted by atomic mass is 10.2. The van der Waals surface area contributed by atoms with Crippen molar-refractivity contribution < 1.29 is 19.4 Å². The van der Waals surface area contributed by atoms with Crippen LogP contribution in [-0.2, 0) is 9.53 Å². The number of carboxylic acid groups (broad SMARTS) is 1. The van der Waals surface area contributed by atoms with Gasteiger partial charge in [0, 0.05) is 0 Å². The van der Waals surface area contributed by atoms with Gasteiger partial charge in [0.15, 0.2) is 0 Å². The molecule has 0 unspecified atom stereocenters. The fourth-order valence-electron chi connectivity index (χ4n) is 0.926. The number of carboxylic acids is 1. The summed E-state index contributed by atoms with van der Waals surface area (Å²) in [7, 11) is 0. The molecule has 0 aromatic heterocycles. The number of carbonyl (C=O) groups excluding carboxylic acids is 1. The fourth-order valence-corrected chi connectivity index (χ4v) is 1.16. The highest BCUT2D eigenvalue weighted by Crippen LogP contribution is 1.95. The molecule has 0 aliphatic rings. The third kappa shape index (κ3) is 7.05. The molecule has 18 heavy (non-hydrogen) atoms. The van der Waals surface area contributed by atoms with Gasteiger partial charge < -0.3 is 20.5 Å². The number of aliphatic carboxylic acids is 1. The van der Waals surface area contributed by atoms with E-state index in [0.717, 1.165) is 0 Å². The maximum Gasteiger partial charge on any atom is 0.407 e. The van der Waals surface area contributed by atoms with Crippen LogP contribution in [0.2, 0.25) is 0 Å². The summed E-state index contributed by atoms with van der Waals surface area (Å²) >= 11 is 4.98. The normalized spacial score (nSPS) is 13.6. The van der Waals surface area contributed by atoms with E-state index in [4.69, 9.17) is 22.1 Å². The van der Waals surface area contributed by atoms with Crippen molar-refractivity contribution in [3.05, 3.63) is 0 Å². The number of alkyl carbamates (subject to hydrolysis) is 1. The number of nitrogens with one attached hydrogen (secondary N) is 2. The van der Waals surface area contributed by atoms with Crippen molar-refractivity contribution in [2.45, 2.75) is 39.8 Å². The second-order valence-electron chi connectivity index (χ2n) is 4.43. The molecule has 7 heteroatoms. The molecule has 1 amide bonds. The fraction of sp³-hybridized carbons (Fsp3) is 0.727. The predicted octanol–water partition coefficient (Wildman–Crippen LogP) is 1.15. The van der Waals surface area contributed by atoms with Crippen LogP contribution in [0.25, 0.3) is 0 Å². The minimum Gasteiger partial charge on any atom is -0.480 e. The Morgan fingerprint density at radius 3 is 2.17 bits per heavy atom. The number of thiocarbonyl (C=S) groups is 1. The van der Waals surface area contributed by atoms with E-state index in [2.05, 4.69) is 10.6 Å². The molecule has 0 heterocycles. The van der Waals surface area contributed by atoms with Crippen molar-refractivity contribution in [1.82, 2.24) is 10.6 Å². The molecule has 0 fully saturated rings. The minimum atomic E-state index is -1.01. The van der Waals surface area contributed by atoms with E-state index in [-0.39, 0.29) is 10.9 Å². The van der Waals surface area contributed by atoms with Gasteiger partial charge in [-0.2, -0.15) is 0 Å². The Balaban J connectivity index is 4.08. The number of rotatable bonds is 6. The maximum absolute atomic E-state index is 11.3. The zero-order chi connectivity index (χ0) is 14.3. The summed E-state index contributed by atoms with van der Waals surface area (Å²) in [5.74, 6) is -0.755. The summed E-state index contributed by atoms with van der Waals surface area (Å²) in [6, 6.07) is -1.28. The summed E-state index contributed by atoms with van der Waals surface area (Å²) in [5.41, 5.74) is 0. The molecule has 0 aromatic rings. The molecule has 0 rings (SSSR count). The summed E-state index contributed by atoms with van der Waals surface area (Å²) in [5, 5.41) is 13.8. The SMILES string of the molecule is CC(C)COC(=O)N[C@@H](C)C(=S)N[C@@H](C)C(=O)O. The molecule has 0 saturated heterocycles. The van der Waals surface area contributed by atoms with Gasteiger partial charge in [-0.3, -0.25) is 4.79 Å². The summed E-state index contributed by atoms with van der Waals surface area (Å²) < 4.78 is 4.92. The summed E-state index contributed by atoms with van der Waals surface area (Å²) in [6.45, 7) is 7.30. The number of carbonyl (C=O) groups is 2. The molecule has 0 bridgehead atoms. The molecule has 2 atom stereocenters. The molecule has 0 aliphatic heterocycles. The van der Waals surface area contributed by atoms with Crippen LogP contribution in [0.5, 0.6) is 0 Å². The Hall–Kier alpha value is -1.37. The molecule has 0 aliphatic carbocycles. The van der Waals surface area contributed by atoms with Crippen LogP contribution in [0.1, 0.15) is 27.7 Å². The predicted molar refractivity (Wildman–Crippen MR) is 71.6 cm³/mol.